The molecule has 108 valence electrons. The van der Waals surface area contributed by atoms with E-state index in [0.717, 1.165) is 29.8 Å². The van der Waals surface area contributed by atoms with Crippen LogP contribution in [0.15, 0.2) is 36.5 Å². The molecule has 4 nitrogen and oxygen atoms in total. The number of carbonyl (C=O) groups excluding carboxylic acids is 1. The normalized spacial score (nSPS) is 16.4. The van der Waals surface area contributed by atoms with Crippen molar-refractivity contribution >= 4 is 11.7 Å². The summed E-state index contributed by atoms with van der Waals surface area (Å²) >= 11 is 0. The van der Waals surface area contributed by atoms with Crippen LogP contribution in [0.5, 0.6) is 0 Å². The summed E-state index contributed by atoms with van der Waals surface area (Å²) in [6.45, 7) is 1.96. The van der Waals surface area contributed by atoms with E-state index in [1.807, 2.05) is 37.4 Å². The first kappa shape index (κ1) is 13.6. The maximum Gasteiger partial charge on any atom is 0.339 e. The topological polar surface area (TPSA) is 51.2 Å². The fourth-order valence-electron chi connectivity index (χ4n) is 2.80. The zero-order valence-corrected chi connectivity index (χ0v) is 12.2. The Morgan fingerprint density at radius 2 is 2.24 bits per heavy atom. The lowest BCUT2D eigenvalue weighted by molar-refractivity contribution is 0.0601. The number of benzene rings is 1. The number of hydrogen-bond acceptors (Lipinski definition) is 4. The molecule has 4 heteroatoms. The number of hydrogen-bond donors (Lipinski definition) is 1. The summed E-state index contributed by atoms with van der Waals surface area (Å²) in [5.74, 6) is -0.319. The van der Waals surface area contributed by atoms with E-state index in [4.69, 9.17) is 4.74 Å². The maximum absolute atomic E-state index is 11.9. The van der Waals surface area contributed by atoms with Gasteiger partial charge in [0.25, 0.3) is 0 Å². The van der Waals surface area contributed by atoms with Crippen LogP contribution in [0, 0.1) is 6.92 Å². The van der Waals surface area contributed by atoms with Crippen molar-refractivity contribution in [3.05, 3.63) is 58.9 Å². The predicted octanol–water partition coefficient (Wildman–Crippen LogP) is 3.28. The molecule has 0 radical (unpaired) electrons. The largest absolute Gasteiger partial charge is 0.465 e. The number of ether oxygens (including phenoxy) is 1. The molecule has 0 fully saturated rings. The van der Waals surface area contributed by atoms with Crippen molar-refractivity contribution in [1.29, 1.82) is 0 Å². The highest BCUT2D eigenvalue weighted by atomic mass is 16.5. The van der Waals surface area contributed by atoms with Crippen LogP contribution in [0.1, 0.15) is 39.6 Å². The van der Waals surface area contributed by atoms with Gasteiger partial charge in [-0.1, -0.05) is 17.7 Å². The Kier molecular flexibility index (Phi) is 3.60. The first-order chi connectivity index (χ1) is 10.2. The fraction of sp³-hybridized carbons (Fsp3) is 0.294. The summed E-state index contributed by atoms with van der Waals surface area (Å²) < 4.78 is 4.87. The van der Waals surface area contributed by atoms with E-state index in [1.165, 1.54) is 12.7 Å². The summed E-state index contributed by atoms with van der Waals surface area (Å²) in [5, 5.41) is 3.44. The molecule has 1 atom stereocenters. The Balaban J connectivity index is 1.91. The molecule has 3 rings (SSSR count). The van der Waals surface area contributed by atoms with Gasteiger partial charge in [0.15, 0.2) is 0 Å². The molecule has 1 aliphatic carbocycles. The van der Waals surface area contributed by atoms with Crippen molar-refractivity contribution in [3.63, 3.8) is 0 Å². The van der Waals surface area contributed by atoms with Crippen LogP contribution in [0.25, 0.3) is 0 Å². The predicted molar refractivity (Wildman–Crippen MR) is 81.4 cm³/mol. The Morgan fingerprint density at radius 3 is 3.05 bits per heavy atom. The quantitative estimate of drug-likeness (QED) is 0.878. The van der Waals surface area contributed by atoms with Crippen molar-refractivity contribution in [2.75, 3.05) is 12.4 Å². The van der Waals surface area contributed by atoms with Crippen LogP contribution in [0.2, 0.25) is 0 Å². The third-order valence-corrected chi connectivity index (χ3v) is 3.87. The maximum atomic E-state index is 11.9. The van der Waals surface area contributed by atoms with Crippen molar-refractivity contribution in [2.45, 2.75) is 25.8 Å². The summed E-state index contributed by atoms with van der Waals surface area (Å²) in [5.41, 5.74) is 4.76. The Morgan fingerprint density at radius 1 is 1.38 bits per heavy atom. The molecule has 0 aliphatic heterocycles. The zero-order valence-electron chi connectivity index (χ0n) is 12.2. The number of methoxy groups -OCH3 is 1. The van der Waals surface area contributed by atoms with Gasteiger partial charge in [-0.25, -0.2) is 4.79 Å². The minimum absolute atomic E-state index is 0.146. The van der Waals surface area contributed by atoms with E-state index in [9.17, 15) is 4.79 Å². The highest BCUT2D eigenvalue weighted by Gasteiger charge is 2.24. The summed E-state index contributed by atoms with van der Waals surface area (Å²) in [4.78, 5) is 16.4. The first-order valence-electron chi connectivity index (χ1n) is 7.08. The minimum Gasteiger partial charge on any atom is -0.465 e. The highest BCUT2D eigenvalue weighted by molar-refractivity contribution is 5.95. The second-order valence-corrected chi connectivity index (χ2v) is 5.32. The van der Waals surface area contributed by atoms with Gasteiger partial charge in [0.1, 0.15) is 0 Å². The number of nitrogens with zero attached hydrogens (tertiary/aromatic N) is 1. The van der Waals surface area contributed by atoms with E-state index in [2.05, 4.69) is 16.4 Å². The first-order valence-corrected chi connectivity index (χ1v) is 7.08. The molecule has 0 amide bonds. The number of carbonyl (C=O) groups is 1. The third-order valence-electron chi connectivity index (χ3n) is 3.87. The zero-order chi connectivity index (χ0) is 14.8. The number of pyridine rings is 1. The lowest BCUT2D eigenvalue weighted by atomic mass is 10.1. The average molecular weight is 282 g/mol. The molecule has 0 saturated heterocycles. The number of rotatable bonds is 3. The average Bonchev–Trinajstić information content (AvgIpc) is 2.91. The van der Waals surface area contributed by atoms with Gasteiger partial charge in [0.2, 0.25) is 0 Å². The van der Waals surface area contributed by atoms with Crippen LogP contribution >= 0.6 is 0 Å². The molecule has 0 bridgehead atoms. The van der Waals surface area contributed by atoms with Crippen molar-refractivity contribution in [3.8, 4) is 0 Å². The molecule has 21 heavy (non-hydrogen) atoms. The van der Waals surface area contributed by atoms with Gasteiger partial charge in [0, 0.05) is 11.9 Å². The van der Waals surface area contributed by atoms with Crippen LogP contribution in [0.3, 0.4) is 0 Å². The number of fused-ring (bicyclic) bond motifs is 1. The Hall–Kier alpha value is -2.36. The third kappa shape index (κ3) is 2.61. The number of nitrogens with one attached hydrogen (secondary N) is 1. The molecule has 1 aromatic heterocycles. The molecular formula is C17H18N2O2. The summed E-state index contributed by atoms with van der Waals surface area (Å²) in [6, 6.07) is 9.99. The van der Waals surface area contributed by atoms with Gasteiger partial charge >= 0.3 is 5.97 Å². The summed E-state index contributed by atoms with van der Waals surface area (Å²) in [6.07, 6.45) is 3.82. The SMILES string of the molecule is COC(=O)c1cc(C)ccc1NC1CCc2cccnc21. The Labute approximate surface area is 124 Å². The number of aryl methyl sites for hydroxylation is 2. The molecular weight excluding hydrogens is 264 g/mol. The van der Waals surface area contributed by atoms with E-state index < -0.39 is 0 Å². The second kappa shape index (κ2) is 5.56. The van der Waals surface area contributed by atoms with Crippen LogP contribution in [-0.2, 0) is 11.2 Å². The van der Waals surface area contributed by atoms with Gasteiger partial charge < -0.3 is 10.1 Å². The highest BCUT2D eigenvalue weighted by Crippen LogP contribution is 2.33. The lowest BCUT2D eigenvalue weighted by Crippen LogP contribution is -2.13. The van der Waals surface area contributed by atoms with E-state index in [0.29, 0.717) is 5.56 Å². The number of anilines is 1. The lowest BCUT2D eigenvalue weighted by Gasteiger charge is -2.17. The Bertz CT molecular complexity index is 682. The number of esters is 1. The molecule has 0 spiro atoms. The number of aromatic nitrogens is 1. The van der Waals surface area contributed by atoms with E-state index in [-0.39, 0.29) is 12.0 Å². The van der Waals surface area contributed by atoms with Crippen molar-refractivity contribution in [2.24, 2.45) is 0 Å². The molecule has 0 saturated carbocycles. The van der Waals surface area contributed by atoms with E-state index in [1.54, 1.807) is 0 Å². The summed E-state index contributed by atoms with van der Waals surface area (Å²) in [7, 11) is 1.40. The monoisotopic (exact) mass is 282 g/mol. The molecule has 2 aromatic rings. The molecule has 1 heterocycles. The second-order valence-electron chi connectivity index (χ2n) is 5.32. The molecule has 1 unspecified atom stereocenters. The smallest absolute Gasteiger partial charge is 0.339 e. The minimum atomic E-state index is -0.319. The van der Waals surface area contributed by atoms with Gasteiger partial charge in [-0.3, -0.25) is 4.98 Å². The van der Waals surface area contributed by atoms with Crippen LogP contribution in [-0.4, -0.2) is 18.1 Å². The fourth-order valence-corrected chi connectivity index (χ4v) is 2.80. The molecule has 1 aliphatic rings. The van der Waals surface area contributed by atoms with Crippen molar-refractivity contribution in [1.82, 2.24) is 4.98 Å². The van der Waals surface area contributed by atoms with Crippen molar-refractivity contribution < 1.29 is 9.53 Å². The van der Waals surface area contributed by atoms with Gasteiger partial charge in [-0.15, -0.1) is 0 Å². The standard InChI is InChI=1S/C17H18N2O2/c1-11-5-7-14(13(10-11)17(20)21-2)19-15-8-6-12-4-3-9-18-16(12)15/h3-5,7,9-10,15,19H,6,8H2,1-2H3. The molecule has 1 aromatic carbocycles. The van der Waals surface area contributed by atoms with Gasteiger partial charge in [0.05, 0.1) is 24.4 Å². The molecule has 1 N–H and O–H groups in total. The van der Waals surface area contributed by atoms with Gasteiger partial charge in [-0.05, 0) is 43.5 Å². The van der Waals surface area contributed by atoms with Crippen LogP contribution < -0.4 is 5.32 Å². The van der Waals surface area contributed by atoms with Gasteiger partial charge in [-0.2, -0.15) is 0 Å². The van der Waals surface area contributed by atoms with E-state index >= 15 is 0 Å². The van der Waals surface area contributed by atoms with Crippen LogP contribution in [0.4, 0.5) is 5.69 Å².